The van der Waals surface area contributed by atoms with Crippen molar-refractivity contribution in [3.05, 3.63) is 83.0 Å². The van der Waals surface area contributed by atoms with Crippen LogP contribution in [0.25, 0.3) is 16.9 Å². The second kappa shape index (κ2) is 9.13. The van der Waals surface area contributed by atoms with E-state index in [1.165, 1.54) is 0 Å². The van der Waals surface area contributed by atoms with Gasteiger partial charge in [0.2, 0.25) is 0 Å². The Kier molecular flexibility index (Phi) is 6.26. The van der Waals surface area contributed by atoms with Gasteiger partial charge in [-0.05, 0) is 36.2 Å². The topological polar surface area (TPSA) is 88.8 Å². The van der Waals surface area contributed by atoms with Gasteiger partial charge in [-0.1, -0.05) is 44.2 Å². The average molecular weight is 445 g/mol. The largest absolute Gasteiger partial charge is 0.395 e. The lowest BCUT2D eigenvalue weighted by Gasteiger charge is -2.22. The molecule has 170 valence electrons. The van der Waals surface area contributed by atoms with Crippen LogP contribution >= 0.6 is 0 Å². The quantitative estimate of drug-likeness (QED) is 0.442. The van der Waals surface area contributed by atoms with E-state index >= 15 is 0 Å². The molecular weight excluding hydrogens is 416 g/mol. The minimum atomic E-state index is -0.367. The van der Waals surface area contributed by atoms with Crippen LogP contribution in [0.5, 0.6) is 0 Å². The number of hydrogen-bond acceptors (Lipinski definition) is 5. The molecule has 0 bridgehead atoms. The number of carbonyl (C=O) groups is 1. The number of hydrogen-bond donors (Lipinski definition) is 2. The highest BCUT2D eigenvalue weighted by Crippen LogP contribution is 2.26. The van der Waals surface area contributed by atoms with Crippen molar-refractivity contribution in [2.45, 2.75) is 32.8 Å². The third kappa shape index (κ3) is 4.79. The van der Waals surface area contributed by atoms with Crippen LogP contribution in [0.1, 0.15) is 41.0 Å². The lowest BCUT2D eigenvalue weighted by molar-refractivity contribution is 0.102. The van der Waals surface area contributed by atoms with Gasteiger partial charge in [0, 0.05) is 35.8 Å². The summed E-state index contributed by atoms with van der Waals surface area (Å²) in [4.78, 5) is 17.5. The number of aromatic nitrogens is 3. The molecule has 33 heavy (non-hydrogen) atoms. The van der Waals surface area contributed by atoms with E-state index < -0.39 is 0 Å². The molecule has 4 rings (SSSR count). The molecule has 0 unspecified atom stereocenters. The number of amides is 1. The number of anilines is 1. The van der Waals surface area contributed by atoms with Gasteiger partial charge in [-0.25, -0.2) is 9.50 Å². The number of aryl methyl sites for hydroxylation is 1. The molecule has 4 aromatic rings. The first kappa shape index (κ1) is 22.6. The van der Waals surface area contributed by atoms with Gasteiger partial charge in [0.05, 0.1) is 24.6 Å². The maximum atomic E-state index is 12.9. The molecule has 7 heteroatoms. The monoisotopic (exact) mass is 444 g/mol. The summed E-state index contributed by atoms with van der Waals surface area (Å²) < 4.78 is 7.05. The van der Waals surface area contributed by atoms with Gasteiger partial charge in [0.25, 0.3) is 5.91 Å². The van der Waals surface area contributed by atoms with Crippen LogP contribution < -0.4 is 5.32 Å². The number of nitrogens with zero attached hydrogens (tertiary/aromatic N) is 3. The first-order chi connectivity index (χ1) is 15.8. The van der Waals surface area contributed by atoms with E-state index in [1.54, 1.807) is 23.8 Å². The molecular formula is C26H28N4O3. The number of methoxy groups -OCH3 is 1. The zero-order valence-corrected chi connectivity index (χ0v) is 19.3. The van der Waals surface area contributed by atoms with Crippen LogP contribution in [0.2, 0.25) is 0 Å². The van der Waals surface area contributed by atoms with Gasteiger partial charge in [-0.3, -0.25) is 4.79 Å². The summed E-state index contributed by atoms with van der Waals surface area (Å²) in [6.07, 6.45) is 0. The number of aliphatic hydroxyl groups is 1. The normalized spacial score (nSPS) is 11.7. The molecule has 7 nitrogen and oxygen atoms in total. The first-order valence-electron chi connectivity index (χ1n) is 10.8. The SMILES string of the molecule is COCc1cccc(-c2cc(NC(=O)c3ccc(C(C)(C)CO)cc3)nc3cc(C)nn23)c1. The zero-order valence-electron chi connectivity index (χ0n) is 19.3. The van der Waals surface area contributed by atoms with E-state index in [1.807, 2.05) is 69.3 Å². The van der Waals surface area contributed by atoms with Crippen molar-refractivity contribution in [3.8, 4) is 11.3 Å². The van der Waals surface area contributed by atoms with Gasteiger partial charge < -0.3 is 15.2 Å². The fourth-order valence-corrected chi connectivity index (χ4v) is 3.70. The molecule has 0 radical (unpaired) electrons. The first-order valence-corrected chi connectivity index (χ1v) is 10.8. The molecule has 0 fully saturated rings. The number of fused-ring (bicyclic) bond motifs is 1. The van der Waals surface area contributed by atoms with E-state index in [0.29, 0.717) is 23.6 Å². The van der Waals surface area contributed by atoms with Crippen molar-refractivity contribution in [1.82, 2.24) is 14.6 Å². The number of carbonyl (C=O) groups excluding carboxylic acids is 1. The van der Waals surface area contributed by atoms with Gasteiger partial charge in [-0.2, -0.15) is 5.10 Å². The predicted octanol–water partition coefficient (Wildman–Crippen LogP) is 4.37. The van der Waals surface area contributed by atoms with E-state index in [-0.39, 0.29) is 17.9 Å². The number of rotatable bonds is 7. The molecule has 0 atom stereocenters. The maximum absolute atomic E-state index is 12.9. The van der Waals surface area contributed by atoms with Crippen LogP contribution in [-0.2, 0) is 16.8 Å². The van der Waals surface area contributed by atoms with Gasteiger partial charge >= 0.3 is 0 Å². The Labute approximate surface area is 193 Å². The van der Waals surface area contributed by atoms with Gasteiger partial charge in [-0.15, -0.1) is 0 Å². The second-order valence-electron chi connectivity index (χ2n) is 8.79. The Bertz CT molecular complexity index is 1290. The number of aliphatic hydroxyl groups excluding tert-OH is 1. The summed E-state index contributed by atoms with van der Waals surface area (Å²) in [7, 11) is 1.67. The molecule has 0 saturated carbocycles. The van der Waals surface area contributed by atoms with Gasteiger partial charge in [0.1, 0.15) is 5.82 Å². The van der Waals surface area contributed by atoms with Crippen LogP contribution in [0, 0.1) is 6.92 Å². The summed E-state index contributed by atoms with van der Waals surface area (Å²) in [5.41, 5.74) is 5.41. The zero-order chi connectivity index (χ0) is 23.6. The Morgan fingerprint density at radius 3 is 2.58 bits per heavy atom. The second-order valence-corrected chi connectivity index (χ2v) is 8.79. The van der Waals surface area contributed by atoms with Gasteiger partial charge in [0.15, 0.2) is 5.65 Å². The molecule has 0 aliphatic heterocycles. The fraction of sp³-hybridized carbons (Fsp3) is 0.269. The van der Waals surface area contributed by atoms with E-state index in [9.17, 15) is 9.90 Å². The standard InChI is InChI=1S/C26H28N4O3/c1-17-12-24-27-23(28-25(32)19-8-10-21(11-9-19)26(2,3)16-31)14-22(30(24)29-17)20-7-5-6-18(13-20)15-33-4/h5-14,31H,15-16H2,1-4H3,(H,27,28,32). The fourth-order valence-electron chi connectivity index (χ4n) is 3.70. The third-order valence-corrected chi connectivity index (χ3v) is 5.65. The summed E-state index contributed by atoms with van der Waals surface area (Å²) in [5, 5.41) is 17.1. The van der Waals surface area contributed by atoms with Crippen molar-refractivity contribution in [2.24, 2.45) is 0 Å². The molecule has 2 N–H and O–H groups in total. The van der Waals surface area contributed by atoms with Crippen LogP contribution in [0.15, 0.2) is 60.7 Å². The summed E-state index contributed by atoms with van der Waals surface area (Å²) in [6, 6.07) is 19.0. The smallest absolute Gasteiger partial charge is 0.256 e. The Hall–Kier alpha value is -3.55. The Balaban J connectivity index is 1.67. The summed E-state index contributed by atoms with van der Waals surface area (Å²) >= 11 is 0. The highest BCUT2D eigenvalue weighted by atomic mass is 16.5. The van der Waals surface area contributed by atoms with Crippen molar-refractivity contribution in [3.63, 3.8) is 0 Å². The Morgan fingerprint density at radius 2 is 1.88 bits per heavy atom. The highest BCUT2D eigenvalue weighted by molar-refractivity contribution is 6.04. The number of ether oxygens (including phenoxy) is 1. The molecule has 2 aromatic carbocycles. The van der Waals surface area contributed by atoms with Crippen molar-refractivity contribution >= 4 is 17.4 Å². The third-order valence-electron chi connectivity index (χ3n) is 5.65. The highest BCUT2D eigenvalue weighted by Gasteiger charge is 2.20. The molecule has 2 heterocycles. The lowest BCUT2D eigenvalue weighted by atomic mass is 9.85. The average Bonchev–Trinajstić information content (AvgIpc) is 3.19. The molecule has 0 aliphatic carbocycles. The lowest BCUT2D eigenvalue weighted by Crippen LogP contribution is -2.22. The van der Waals surface area contributed by atoms with Crippen LogP contribution in [-0.4, -0.2) is 39.3 Å². The Morgan fingerprint density at radius 1 is 1.12 bits per heavy atom. The maximum Gasteiger partial charge on any atom is 0.256 e. The molecule has 1 amide bonds. The molecule has 0 spiro atoms. The molecule has 2 aromatic heterocycles. The number of benzene rings is 2. The van der Waals surface area contributed by atoms with E-state index in [2.05, 4.69) is 15.4 Å². The summed E-state index contributed by atoms with van der Waals surface area (Å²) in [5.74, 6) is 0.190. The molecule has 0 saturated heterocycles. The summed E-state index contributed by atoms with van der Waals surface area (Å²) in [6.45, 7) is 6.36. The predicted molar refractivity (Wildman–Crippen MR) is 128 cm³/mol. The van der Waals surface area contributed by atoms with E-state index in [0.717, 1.165) is 28.1 Å². The minimum Gasteiger partial charge on any atom is -0.395 e. The van der Waals surface area contributed by atoms with Crippen LogP contribution in [0.3, 0.4) is 0 Å². The minimum absolute atomic E-state index is 0.0294. The van der Waals surface area contributed by atoms with Crippen molar-refractivity contribution in [2.75, 3.05) is 19.0 Å². The molecule has 0 aliphatic rings. The van der Waals surface area contributed by atoms with Crippen molar-refractivity contribution in [1.29, 1.82) is 0 Å². The van der Waals surface area contributed by atoms with Crippen molar-refractivity contribution < 1.29 is 14.6 Å². The number of nitrogens with one attached hydrogen (secondary N) is 1. The van der Waals surface area contributed by atoms with Crippen LogP contribution in [0.4, 0.5) is 5.82 Å². The van der Waals surface area contributed by atoms with E-state index in [4.69, 9.17) is 4.74 Å².